The number of rotatable bonds is 4. The highest BCUT2D eigenvalue weighted by atomic mass is 16.2. The molecule has 1 aliphatic rings. The lowest BCUT2D eigenvalue weighted by Crippen LogP contribution is -2.29. The van der Waals surface area contributed by atoms with Gasteiger partial charge in [0.15, 0.2) is 0 Å². The van der Waals surface area contributed by atoms with Crippen molar-refractivity contribution in [2.45, 2.75) is 19.3 Å². The highest BCUT2D eigenvalue weighted by Crippen LogP contribution is 2.20. The maximum Gasteiger partial charge on any atom is 0.271 e. The van der Waals surface area contributed by atoms with Gasteiger partial charge in [0, 0.05) is 24.3 Å². The van der Waals surface area contributed by atoms with Crippen LogP contribution in [0.1, 0.15) is 35.2 Å². The Hall–Kier alpha value is -3.14. The van der Waals surface area contributed by atoms with Gasteiger partial charge in [-0.25, -0.2) is 5.43 Å². The number of hydrogen-bond acceptors (Lipinski definition) is 3. The first-order valence-electron chi connectivity index (χ1n) is 9.47. The third-order valence-corrected chi connectivity index (χ3v) is 5.01. The van der Waals surface area contributed by atoms with Crippen molar-refractivity contribution in [3.8, 4) is 0 Å². The number of carbonyl (C=O) groups excluding carboxylic acids is 1. The molecule has 0 aliphatic carbocycles. The van der Waals surface area contributed by atoms with Gasteiger partial charge in [-0.15, -0.1) is 0 Å². The molecular weight excluding hydrogens is 334 g/mol. The Morgan fingerprint density at radius 1 is 0.889 bits per heavy atom. The zero-order valence-electron chi connectivity index (χ0n) is 15.3. The molecule has 1 N–H and O–H groups in total. The number of carbonyl (C=O) groups is 1. The van der Waals surface area contributed by atoms with Crippen LogP contribution in [0.15, 0.2) is 71.8 Å². The molecule has 1 heterocycles. The second-order valence-electron chi connectivity index (χ2n) is 6.90. The van der Waals surface area contributed by atoms with Gasteiger partial charge < -0.3 is 4.90 Å². The van der Waals surface area contributed by atoms with E-state index in [9.17, 15) is 4.79 Å². The first-order valence-corrected chi connectivity index (χ1v) is 9.47. The SMILES string of the molecule is O=C(N/N=C\c1ccc(N2CCCCC2)cc1)c1ccc2ccccc2c1. The molecule has 3 aromatic rings. The molecule has 0 saturated carbocycles. The summed E-state index contributed by atoms with van der Waals surface area (Å²) in [6.45, 7) is 2.27. The Morgan fingerprint density at radius 2 is 1.63 bits per heavy atom. The molecule has 0 radical (unpaired) electrons. The van der Waals surface area contributed by atoms with E-state index < -0.39 is 0 Å². The minimum Gasteiger partial charge on any atom is -0.372 e. The Bertz CT molecular complexity index is 957. The van der Waals surface area contributed by atoms with Crippen LogP contribution in [0.4, 0.5) is 5.69 Å². The smallest absolute Gasteiger partial charge is 0.271 e. The molecule has 4 heteroatoms. The molecule has 0 bridgehead atoms. The number of nitrogens with one attached hydrogen (secondary N) is 1. The van der Waals surface area contributed by atoms with Gasteiger partial charge in [-0.2, -0.15) is 5.10 Å². The number of hydrazone groups is 1. The van der Waals surface area contributed by atoms with E-state index in [0.29, 0.717) is 5.56 Å². The number of hydrogen-bond donors (Lipinski definition) is 1. The molecule has 1 fully saturated rings. The number of benzene rings is 3. The molecule has 4 rings (SSSR count). The summed E-state index contributed by atoms with van der Waals surface area (Å²) < 4.78 is 0. The van der Waals surface area contributed by atoms with E-state index in [2.05, 4.69) is 27.6 Å². The van der Waals surface area contributed by atoms with Crippen LogP contribution in [0.5, 0.6) is 0 Å². The second-order valence-corrected chi connectivity index (χ2v) is 6.90. The van der Waals surface area contributed by atoms with Crippen molar-refractivity contribution in [1.29, 1.82) is 0 Å². The standard InChI is InChI=1S/C23H23N3O/c27-23(21-11-10-19-6-2-3-7-20(19)16-21)25-24-17-18-8-12-22(13-9-18)26-14-4-1-5-15-26/h2-3,6-13,16-17H,1,4-5,14-15H2,(H,25,27)/b24-17-. The molecule has 0 aromatic heterocycles. The maximum atomic E-state index is 12.3. The van der Waals surface area contributed by atoms with Crippen LogP contribution in [-0.4, -0.2) is 25.2 Å². The highest BCUT2D eigenvalue weighted by Gasteiger charge is 2.10. The van der Waals surface area contributed by atoms with Gasteiger partial charge >= 0.3 is 0 Å². The molecular formula is C23H23N3O. The third-order valence-electron chi connectivity index (χ3n) is 5.01. The van der Waals surface area contributed by atoms with E-state index in [-0.39, 0.29) is 5.91 Å². The molecule has 0 unspecified atom stereocenters. The number of nitrogens with zero attached hydrogens (tertiary/aromatic N) is 2. The lowest BCUT2D eigenvalue weighted by Gasteiger charge is -2.28. The fourth-order valence-electron chi connectivity index (χ4n) is 3.48. The highest BCUT2D eigenvalue weighted by molar-refractivity contribution is 5.99. The van der Waals surface area contributed by atoms with E-state index in [4.69, 9.17) is 0 Å². The van der Waals surface area contributed by atoms with Gasteiger partial charge in [-0.3, -0.25) is 4.79 Å². The van der Waals surface area contributed by atoms with E-state index in [1.165, 1.54) is 24.9 Å². The lowest BCUT2D eigenvalue weighted by atomic mass is 10.1. The summed E-state index contributed by atoms with van der Waals surface area (Å²) in [5.74, 6) is -0.207. The zero-order chi connectivity index (χ0) is 18.5. The van der Waals surface area contributed by atoms with Gasteiger partial charge in [0.05, 0.1) is 6.21 Å². The van der Waals surface area contributed by atoms with Gasteiger partial charge in [0.2, 0.25) is 0 Å². The molecule has 3 aromatic carbocycles. The summed E-state index contributed by atoms with van der Waals surface area (Å²) in [5, 5.41) is 6.26. The van der Waals surface area contributed by atoms with E-state index in [1.807, 2.05) is 54.6 Å². The van der Waals surface area contributed by atoms with Gasteiger partial charge in [-0.1, -0.05) is 42.5 Å². The fraction of sp³-hybridized carbons (Fsp3) is 0.217. The number of piperidine rings is 1. The maximum absolute atomic E-state index is 12.3. The van der Waals surface area contributed by atoms with Crippen molar-refractivity contribution in [2.75, 3.05) is 18.0 Å². The average Bonchev–Trinajstić information content (AvgIpc) is 2.74. The van der Waals surface area contributed by atoms with Crippen molar-refractivity contribution in [2.24, 2.45) is 5.10 Å². The Labute approximate surface area is 159 Å². The van der Waals surface area contributed by atoms with Crippen LogP contribution in [0.2, 0.25) is 0 Å². The summed E-state index contributed by atoms with van der Waals surface area (Å²) in [7, 11) is 0. The summed E-state index contributed by atoms with van der Waals surface area (Å²) in [6, 6.07) is 22.0. The molecule has 4 nitrogen and oxygen atoms in total. The van der Waals surface area contributed by atoms with Crippen LogP contribution in [0.3, 0.4) is 0 Å². The average molecular weight is 357 g/mol. The Balaban J connectivity index is 1.38. The van der Waals surface area contributed by atoms with Gasteiger partial charge in [0.25, 0.3) is 5.91 Å². The molecule has 1 amide bonds. The number of anilines is 1. The minimum absolute atomic E-state index is 0.207. The fourth-order valence-corrected chi connectivity index (χ4v) is 3.48. The first-order chi connectivity index (χ1) is 13.3. The topological polar surface area (TPSA) is 44.7 Å². The van der Waals surface area contributed by atoms with Crippen molar-refractivity contribution in [1.82, 2.24) is 5.43 Å². The number of amides is 1. The van der Waals surface area contributed by atoms with Crippen LogP contribution in [-0.2, 0) is 0 Å². The molecule has 0 atom stereocenters. The lowest BCUT2D eigenvalue weighted by molar-refractivity contribution is 0.0955. The summed E-state index contributed by atoms with van der Waals surface area (Å²) >= 11 is 0. The normalized spacial score (nSPS) is 14.6. The van der Waals surface area contributed by atoms with E-state index in [1.54, 1.807) is 6.21 Å². The third kappa shape index (κ3) is 4.17. The predicted molar refractivity (Wildman–Crippen MR) is 112 cm³/mol. The van der Waals surface area contributed by atoms with Crippen molar-refractivity contribution < 1.29 is 4.79 Å². The quantitative estimate of drug-likeness (QED) is 0.548. The van der Waals surface area contributed by atoms with Crippen molar-refractivity contribution in [3.05, 3.63) is 77.9 Å². The van der Waals surface area contributed by atoms with E-state index >= 15 is 0 Å². The summed E-state index contributed by atoms with van der Waals surface area (Å²) in [5.41, 5.74) is 5.44. The Kier molecular flexibility index (Phi) is 5.15. The van der Waals surface area contributed by atoms with Crippen LogP contribution in [0.25, 0.3) is 10.8 Å². The predicted octanol–water partition coefficient (Wildman–Crippen LogP) is 4.59. The molecule has 0 spiro atoms. The van der Waals surface area contributed by atoms with Crippen molar-refractivity contribution in [3.63, 3.8) is 0 Å². The molecule has 1 saturated heterocycles. The van der Waals surface area contributed by atoms with Crippen molar-refractivity contribution >= 4 is 28.6 Å². The zero-order valence-corrected chi connectivity index (χ0v) is 15.3. The van der Waals surface area contributed by atoms with E-state index in [0.717, 1.165) is 29.4 Å². The Morgan fingerprint density at radius 3 is 2.41 bits per heavy atom. The first kappa shape index (κ1) is 17.3. The molecule has 136 valence electrons. The summed E-state index contributed by atoms with van der Waals surface area (Å²) in [6.07, 6.45) is 5.55. The largest absolute Gasteiger partial charge is 0.372 e. The second kappa shape index (κ2) is 8.04. The van der Waals surface area contributed by atoms with Gasteiger partial charge in [0.1, 0.15) is 0 Å². The minimum atomic E-state index is -0.207. The van der Waals surface area contributed by atoms with Crippen LogP contribution in [0, 0.1) is 0 Å². The van der Waals surface area contributed by atoms with Crippen LogP contribution >= 0.6 is 0 Å². The van der Waals surface area contributed by atoms with Crippen LogP contribution < -0.4 is 10.3 Å². The molecule has 27 heavy (non-hydrogen) atoms. The monoisotopic (exact) mass is 357 g/mol. The summed E-state index contributed by atoms with van der Waals surface area (Å²) in [4.78, 5) is 14.7. The molecule has 1 aliphatic heterocycles. The van der Waals surface area contributed by atoms with Gasteiger partial charge in [-0.05, 0) is 59.9 Å². The number of fused-ring (bicyclic) bond motifs is 1.